The van der Waals surface area contributed by atoms with E-state index in [0.29, 0.717) is 17.8 Å². The van der Waals surface area contributed by atoms with Gasteiger partial charge in [0.05, 0.1) is 6.17 Å². The van der Waals surface area contributed by atoms with Crippen molar-refractivity contribution in [3.05, 3.63) is 53.6 Å². The zero-order valence-corrected chi connectivity index (χ0v) is 21.7. The molecule has 0 unspecified atom stereocenters. The Morgan fingerprint density at radius 3 is 2.51 bits per heavy atom. The number of anilines is 2. The van der Waals surface area contributed by atoms with Gasteiger partial charge in [0, 0.05) is 43.5 Å². The molecule has 3 aliphatic rings. The predicted molar refractivity (Wildman–Crippen MR) is 143 cm³/mol. The predicted octanol–water partition coefficient (Wildman–Crippen LogP) is 5.65. The molecular weight excluding hydrogens is 436 g/mol. The normalized spacial score (nSPS) is 24.5. The Morgan fingerprint density at radius 2 is 1.80 bits per heavy atom. The van der Waals surface area contributed by atoms with Crippen LogP contribution in [-0.4, -0.2) is 61.8 Å². The summed E-state index contributed by atoms with van der Waals surface area (Å²) in [5.74, 6) is 1.06. The summed E-state index contributed by atoms with van der Waals surface area (Å²) in [4.78, 5) is 20.3. The van der Waals surface area contributed by atoms with Crippen LogP contribution in [0.4, 0.5) is 16.2 Å². The SMILES string of the molecule is CC(C)c1ccc(NC(=O)Oc2ccc3c(c2)[C@]2(C)CCN(CCN4CCCCC4)[C@@H]2N3C)cc1. The summed E-state index contributed by atoms with van der Waals surface area (Å²) >= 11 is 0. The molecule has 6 nitrogen and oxygen atoms in total. The number of piperidine rings is 1. The summed E-state index contributed by atoms with van der Waals surface area (Å²) in [6, 6.07) is 14.1. The summed E-state index contributed by atoms with van der Waals surface area (Å²) in [6.07, 6.45) is 5.08. The number of likely N-dealkylation sites (N-methyl/N-ethyl adjacent to an activating group) is 1. The lowest BCUT2D eigenvalue weighted by molar-refractivity contribution is 0.164. The number of ether oxygens (including phenoxy) is 1. The van der Waals surface area contributed by atoms with E-state index in [1.165, 1.54) is 49.2 Å². The number of benzene rings is 2. The fourth-order valence-electron chi connectivity index (χ4n) is 6.34. The van der Waals surface area contributed by atoms with Gasteiger partial charge in [0.15, 0.2) is 0 Å². The van der Waals surface area contributed by atoms with Crippen molar-refractivity contribution >= 4 is 17.5 Å². The molecule has 5 rings (SSSR count). The van der Waals surface area contributed by atoms with E-state index in [2.05, 4.69) is 60.0 Å². The molecule has 3 heterocycles. The Kier molecular flexibility index (Phi) is 6.78. The van der Waals surface area contributed by atoms with Gasteiger partial charge >= 0.3 is 6.09 Å². The monoisotopic (exact) mass is 476 g/mol. The minimum Gasteiger partial charge on any atom is -0.410 e. The van der Waals surface area contributed by atoms with E-state index in [9.17, 15) is 4.79 Å². The van der Waals surface area contributed by atoms with E-state index in [1.807, 2.05) is 30.3 Å². The summed E-state index contributed by atoms with van der Waals surface area (Å²) in [5.41, 5.74) is 4.56. The largest absolute Gasteiger partial charge is 0.417 e. The zero-order valence-electron chi connectivity index (χ0n) is 21.7. The molecule has 1 amide bonds. The van der Waals surface area contributed by atoms with Crippen molar-refractivity contribution in [1.82, 2.24) is 9.80 Å². The van der Waals surface area contributed by atoms with Gasteiger partial charge in [-0.1, -0.05) is 39.3 Å². The molecule has 0 spiro atoms. The number of nitrogens with one attached hydrogen (secondary N) is 1. The second-order valence-corrected chi connectivity index (χ2v) is 11.1. The van der Waals surface area contributed by atoms with Gasteiger partial charge in [-0.25, -0.2) is 4.79 Å². The molecule has 2 aromatic rings. The van der Waals surface area contributed by atoms with Crippen molar-refractivity contribution < 1.29 is 9.53 Å². The smallest absolute Gasteiger partial charge is 0.410 e. The maximum atomic E-state index is 12.6. The number of hydrogen-bond acceptors (Lipinski definition) is 5. The number of nitrogens with zero attached hydrogens (tertiary/aromatic N) is 3. The molecule has 188 valence electrons. The Hall–Kier alpha value is -2.57. The van der Waals surface area contributed by atoms with Crippen molar-refractivity contribution in [2.75, 3.05) is 50.0 Å². The van der Waals surface area contributed by atoms with Crippen LogP contribution >= 0.6 is 0 Å². The van der Waals surface area contributed by atoms with Crippen molar-refractivity contribution in [1.29, 1.82) is 0 Å². The first kappa shape index (κ1) is 24.1. The van der Waals surface area contributed by atoms with Crippen LogP contribution in [0.5, 0.6) is 5.75 Å². The second kappa shape index (κ2) is 9.82. The fourth-order valence-corrected chi connectivity index (χ4v) is 6.34. The number of carbonyl (C=O) groups is 1. The van der Waals surface area contributed by atoms with E-state index in [-0.39, 0.29) is 5.41 Å². The maximum Gasteiger partial charge on any atom is 0.417 e. The standard InChI is InChI=1S/C29H40N4O2/c1-21(2)22-8-10-23(11-9-22)30-28(34)35-24-12-13-26-25(20-24)29(3)14-17-33(27(29)31(26)4)19-18-32-15-6-5-7-16-32/h8-13,20-21,27H,5-7,14-19H2,1-4H3,(H,30,34)/t27-,29-/m0/s1. The molecule has 6 heteroatoms. The topological polar surface area (TPSA) is 48.1 Å². The second-order valence-electron chi connectivity index (χ2n) is 11.1. The van der Waals surface area contributed by atoms with E-state index < -0.39 is 6.09 Å². The van der Waals surface area contributed by atoms with Gasteiger partial charge in [-0.3, -0.25) is 10.2 Å². The number of rotatable bonds is 6. The maximum absolute atomic E-state index is 12.6. The molecule has 0 radical (unpaired) electrons. The Bertz CT molecular complexity index is 1050. The van der Waals surface area contributed by atoms with Crippen molar-refractivity contribution in [2.45, 2.75) is 64.0 Å². The molecule has 0 saturated carbocycles. The fraction of sp³-hybridized carbons (Fsp3) is 0.552. The molecule has 3 aliphatic heterocycles. The van der Waals surface area contributed by atoms with Crippen molar-refractivity contribution in [3.8, 4) is 5.75 Å². The number of hydrogen-bond donors (Lipinski definition) is 1. The third-order valence-corrected chi connectivity index (χ3v) is 8.35. The van der Waals surface area contributed by atoms with Gasteiger partial charge in [0.25, 0.3) is 0 Å². The molecule has 0 bridgehead atoms. The molecule has 2 fully saturated rings. The molecule has 2 atom stereocenters. The Balaban J connectivity index is 1.25. The molecule has 1 N–H and O–H groups in total. The highest BCUT2D eigenvalue weighted by molar-refractivity contribution is 5.86. The number of carbonyl (C=O) groups excluding carboxylic acids is 1. The summed E-state index contributed by atoms with van der Waals surface area (Å²) in [5, 5.41) is 2.86. The van der Waals surface area contributed by atoms with Crippen LogP contribution in [0.2, 0.25) is 0 Å². The van der Waals surface area contributed by atoms with E-state index in [4.69, 9.17) is 4.74 Å². The van der Waals surface area contributed by atoms with Crippen LogP contribution in [0.1, 0.15) is 63.5 Å². The van der Waals surface area contributed by atoms with Crippen molar-refractivity contribution in [2.24, 2.45) is 0 Å². The highest BCUT2D eigenvalue weighted by Crippen LogP contribution is 2.52. The van der Waals surface area contributed by atoms with Crippen LogP contribution in [0, 0.1) is 0 Å². The minimum atomic E-state index is -0.454. The van der Waals surface area contributed by atoms with Crippen molar-refractivity contribution in [3.63, 3.8) is 0 Å². The minimum absolute atomic E-state index is 0.0362. The van der Waals surface area contributed by atoms with Crippen LogP contribution in [-0.2, 0) is 5.41 Å². The van der Waals surface area contributed by atoms with Gasteiger partial charge in [-0.15, -0.1) is 0 Å². The van der Waals surface area contributed by atoms with Crippen LogP contribution in [0.3, 0.4) is 0 Å². The quantitative estimate of drug-likeness (QED) is 0.584. The first-order valence-corrected chi connectivity index (χ1v) is 13.3. The summed E-state index contributed by atoms with van der Waals surface area (Å²) < 4.78 is 5.71. The van der Waals surface area contributed by atoms with Gasteiger partial charge < -0.3 is 14.5 Å². The van der Waals surface area contributed by atoms with Gasteiger partial charge in [-0.05, 0) is 79.7 Å². The third-order valence-electron chi connectivity index (χ3n) is 8.35. The van der Waals surface area contributed by atoms with Crippen LogP contribution < -0.4 is 15.0 Å². The molecule has 35 heavy (non-hydrogen) atoms. The van der Waals surface area contributed by atoms with E-state index in [1.54, 1.807) is 0 Å². The van der Waals surface area contributed by atoms with Gasteiger partial charge in [0.1, 0.15) is 5.75 Å². The average Bonchev–Trinajstić information content (AvgIpc) is 3.30. The number of amides is 1. The molecule has 2 aromatic carbocycles. The summed E-state index contributed by atoms with van der Waals surface area (Å²) in [6.45, 7) is 12.6. The first-order valence-electron chi connectivity index (χ1n) is 13.3. The van der Waals surface area contributed by atoms with Crippen LogP contribution in [0.15, 0.2) is 42.5 Å². The van der Waals surface area contributed by atoms with Gasteiger partial charge in [0.2, 0.25) is 0 Å². The zero-order chi connectivity index (χ0) is 24.6. The lowest BCUT2D eigenvalue weighted by atomic mass is 9.81. The van der Waals surface area contributed by atoms with E-state index >= 15 is 0 Å². The van der Waals surface area contributed by atoms with Crippen LogP contribution in [0.25, 0.3) is 0 Å². The highest BCUT2D eigenvalue weighted by atomic mass is 16.6. The highest BCUT2D eigenvalue weighted by Gasteiger charge is 2.53. The number of likely N-dealkylation sites (tertiary alicyclic amines) is 2. The van der Waals surface area contributed by atoms with E-state index in [0.717, 1.165) is 31.7 Å². The Labute approximate surface area is 210 Å². The first-order chi connectivity index (χ1) is 16.8. The molecule has 2 saturated heterocycles. The lowest BCUT2D eigenvalue weighted by Crippen LogP contribution is -2.49. The average molecular weight is 477 g/mol. The lowest BCUT2D eigenvalue weighted by Gasteiger charge is -2.36. The molecule has 0 aliphatic carbocycles. The Morgan fingerprint density at radius 1 is 1.06 bits per heavy atom. The molecule has 0 aromatic heterocycles. The molecular formula is C29H40N4O2. The van der Waals surface area contributed by atoms with Gasteiger partial charge in [-0.2, -0.15) is 0 Å². The summed E-state index contributed by atoms with van der Waals surface area (Å²) in [7, 11) is 2.21. The number of fused-ring (bicyclic) bond motifs is 3. The third kappa shape index (κ3) is 4.78.